The molecule has 1 aliphatic heterocycles. The van der Waals surface area contributed by atoms with Crippen LogP contribution in [0, 0.1) is 6.92 Å². The van der Waals surface area contributed by atoms with Crippen LogP contribution < -0.4 is 5.56 Å². The van der Waals surface area contributed by atoms with Gasteiger partial charge in [0.25, 0.3) is 0 Å². The number of likely N-dealkylation sites (tertiary alicyclic amines) is 1. The van der Waals surface area contributed by atoms with Crippen molar-refractivity contribution in [3.05, 3.63) is 33.7 Å². The Kier molecular flexibility index (Phi) is 3.44. The van der Waals surface area contributed by atoms with E-state index in [1.807, 2.05) is 13.1 Å². The van der Waals surface area contributed by atoms with Gasteiger partial charge in [0.05, 0.1) is 0 Å². The molecule has 1 aromatic rings. The second-order valence-corrected chi connectivity index (χ2v) is 4.58. The highest BCUT2D eigenvalue weighted by Gasteiger charge is 2.23. The van der Waals surface area contributed by atoms with E-state index in [4.69, 9.17) is 0 Å². The smallest absolute Gasteiger partial charge is 0.248 e. The first-order chi connectivity index (χ1) is 7.72. The summed E-state index contributed by atoms with van der Waals surface area (Å²) in [6.45, 7) is 6.51. The maximum atomic E-state index is 11.2. The van der Waals surface area contributed by atoms with Crippen LogP contribution >= 0.6 is 0 Å². The van der Waals surface area contributed by atoms with Crippen molar-refractivity contribution < 1.29 is 0 Å². The Morgan fingerprint density at radius 1 is 1.50 bits per heavy atom. The second-order valence-electron chi connectivity index (χ2n) is 4.58. The van der Waals surface area contributed by atoms with Gasteiger partial charge in [-0.05, 0) is 44.0 Å². The molecular formula is C13H20N2O. The minimum atomic E-state index is 0.0000999. The van der Waals surface area contributed by atoms with Crippen LogP contribution in [0.25, 0.3) is 0 Å². The van der Waals surface area contributed by atoms with E-state index < -0.39 is 0 Å². The Morgan fingerprint density at radius 3 is 3.00 bits per heavy atom. The SMILES string of the molecule is CCN1CCCC[C@@H]1c1c[nH]c(=O)cc1C. The topological polar surface area (TPSA) is 36.1 Å². The summed E-state index contributed by atoms with van der Waals surface area (Å²) >= 11 is 0. The third-order valence-electron chi connectivity index (χ3n) is 3.55. The molecule has 0 saturated carbocycles. The fourth-order valence-electron chi connectivity index (χ4n) is 2.67. The molecule has 88 valence electrons. The first-order valence-electron chi connectivity index (χ1n) is 6.15. The average molecular weight is 220 g/mol. The number of aromatic amines is 1. The molecule has 0 aliphatic carbocycles. The minimum absolute atomic E-state index is 0.0000999. The van der Waals surface area contributed by atoms with E-state index in [0.717, 1.165) is 12.1 Å². The molecule has 0 spiro atoms. The summed E-state index contributed by atoms with van der Waals surface area (Å²) in [6.07, 6.45) is 5.70. The standard InChI is InChI=1S/C13H20N2O/c1-3-15-7-5-4-6-12(15)11-9-14-13(16)8-10(11)2/h8-9,12H,3-7H2,1-2H3,(H,14,16)/t12-/m1/s1. The van der Waals surface area contributed by atoms with Gasteiger partial charge in [0, 0.05) is 18.3 Å². The van der Waals surface area contributed by atoms with Gasteiger partial charge in [-0.3, -0.25) is 9.69 Å². The lowest BCUT2D eigenvalue weighted by Gasteiger charge is -2.35. The first-order valence-corrected chi connectivity index (χ1v) is 6.15. The quantitative estimate of drug-likeness (QED) is 0.829. The maximum absolute atomic E-state index is 11.2. The molecule has 0 bridgehead atoms. The predicted octanol–water partition coefficient (Wildman–Crippen LogP) is 2.23. The van der Waals surface area contributed by atoms with Gasteiger partial charge in [0.1, 0.15) is 0 Å². The monoisotopic (exact) mass is 220 g/mol. The molecule has 2 heterocycles. The van der Waals surface area contributed by atoms with Gasteiger partial charge < -0.3 is 4.98 Å². The van der Waals surface area contributed by atoms with Gasteiger partial charge in [-0.1, -0.05) is 13.3 Å². The van der Waals surface area contributed by atoms with Gasteiger partial charge in [-0.25, -0.2) is 0 Å². The molecule has 1 aromatic heterocycles. The molecule has 0 radical (unpaired) electrons. The number of hydrogen-bond donors (Lipinski definition) is 1. The number of nitrogens with one attached hydrogen (secondary N) is 1. The summed E-state index contributed by atoms with van der Waals surface area (Å²) in [7, 11) is 0. The minimum Gasteiger partial charge on any atom is -0.329 e. The molecule has 1 fully saturated rings. The number of hydrogen-bond acceptors (Lipinski definition) is 2. The highest BCUT2D eigenvalue weighted by molar-refractivity contribution is 5.25. The van der Waals surface area contributed by atoms with Crippen LogP contribution in [0.4, 0.5) is 0 Å². The van der Waals surface area contributed by atoms with Crippen molar-refractivity contribution >= 4 is 0 Å². The molecule has 1 N–H and O–H groups in total. The number of nitrogens with zero attached hydrogens (tertiary/aromatic N) is 1. The third-order valence-corrected chi connectivity index (χ3v) is 3.55. The Balaban J connectivity index is 2.30. The van der Waals surface area contributed by atoms with E-state index in [-0.39, 0.29) is 5.56 Å². The van der Waals surface area contributed by atoms with E-state index in [1.54, 1.807) is 6.07 Å². The summed E-state index contributed by atoms with van der Waals surface area (Å²) in [5, 5.41) is 0. The van der Waals surface area contributed by atoms with Crippen LogP contribution in [0.1, 0.15) is 43.4 Å². The van der Waals surface area contributed by atoms with Crippen molar-refractivity contribution in [1.82, 2.24) is 9.88 Å². The van der Waals surface area contributed by atoms with Gasteiger partial charge in [-0.2, -0.15) is 0 Å². The average Bonchev–Trinajstić information content (AvgIpc) is 2.29. The van der Waals surface area contributed by atoms with Crippen molar-refractivity contribution in [2.75, 3.05) is 13.1 Å². The molecule has 1 saturated heterocycles. The zero-order chi connectivity index (χ0) is 11.5. The maximum Gasteiger partial charge on any atom is 0.248 e. The van der Waals surface area contributed by atoms with Crippen molar-refractivity contribution in [1.29, 1.82) is 0 Å². The largest absolute Gasteiger partial charge is 0.329 e. The molecule has 0 amide bonds. The van der Waals surface area contributed by atoms with Crippen molar-refractivity contribution in [3.63, 3.8) is 0 Å². The Bertz CT molecular complexity index is 411. The number of pyridine rings is 1. The molecule has 16 heavy (non-hydrogen) atoms. The summed E-state index contributed by atoms with van der Waals surface area (Å²) in [4.78, 5) is 16.5. The van der Waals surface area contributed by atoms with Crippen molar-refractivity contribution in [3.8, 4) is 0 Å². The predicted molar refractivity (Wildman–Crippen MR) is 65.6 cm³/mol. The number of aromatic nitrogens is 1. The lowest BCUT2D eigenvalue weighted by molar-refractivity contribution is 0.156. The van der Waals surface area contributed by atoms with Crippen LogP contribution in [-0.2, 0) is 0 Å². The fraction of sp³-hybridized carbons (Fsp3) is 0.615. The van der Waals surface area contributed by atoms with Crippen molar-refractivity contribution in [2.45, 2.75) is 39.2 Å². The van der Waals surface area contributed by atoms with Gasteiger partial charge in [0.2, 0.25) is 5.56 Å². The van der Waals surface area contributed by atoms with Crippen LogP contribution in [-0.4, -0.2) is 23.0 Å². The van der Waals surface area contributed by atoms with Crippen LogP contribution in [0.5, 0.6) is 0 Å². The van der Waals surface area contributed by atoms with Crippen LogP contribution in [0.2, 0.25) is 0 Å². The zero-order valence-electron chi connectivity index (χ0n) is 10.1. The Morgan fingerprint density at radius 2 is 2.31 bits per heavy atom. The van der Waals surface area contributed by atoms with Crippen LogP contribution in [0.3, 0.4) is 0 Å². The third kappa shape index (κ3) is 2.19. The molecule has 3 heteroatoms. The van der Waals surface area contributed by atoms with Gasteiger partial charge >= 0.3 is 0 Å². The highest BCUT2D eigenvalue weighted by Crippen LogP contribution is 2.31. The van der Waals surface area contributed by atoms with Crippen LogP contribution in [0.15, 0.2) is 17.1 Å². The molecule has 0 aromatic carbocycles. The van der Waals surface area contributed by atoms with E-state index in [9.17, 15) is 4.79 Å². The molecular weight excluding hydrogens is 200 g/mol. The summed E-state index contributed by atoms with van der Waals surface area (Å²) in [5.74, 6) is 0. The Hall–Kier alpha value is -1.09. The molecule has 2 rings (SSSR count). The van der Waals surface area contributed by atoms with E-state index in [2.05, 4.69) is 16.8 Å². The number of rotatable bonds is 2. The van der Waals surface area contributed by atoms with Crippen molar-refractivity contribution in [2.24, 2.45) is 0 Å². The highest BCUT2D eigenvalue weighted by atomic mass is 16.1. The lowest BCUT2D eigenvalue weighted by Crippen LogP contribution is -2.33. The molecule has 1 atom stereocenters. The number of H-pyrrole nitrogens is 1. The second kappa shape index (κ2) is 4.83. The van der Waals surface area contributed by atoms with Gasteiger partial charge in [0.15, 0.2) is 0 Å². The lowest BCUT2D eigenvalue weighted by atomic mass is 9.94. The Labute approximate surface area is 96.5 Å². The molecule has 0 unspecified atom stereocenters. The molecule has 3 nitrogen and oxygen atoms in total. The normalized spacial score (nSPS) is 22.2. The first kappa shape index (κ1) is 11.4. The van der Waals surface area contributed by atoms with E-state index in [1.165, 1.54) is 31.4 Å². The number of aryl methyl sites for hydroxylation is 1. The molecule has 1 aliphatic rings. The number of piperidine rings is 1. The van der Waals surface area contributed by atoms with E-state index in [0.29, 0.717) is 6.04 Å². The zero-order valence-corrected chi connectivity index (χ0v) is 10.1. The summed E-state index contributed by atoms with van der Waals surface area (Å²) in [6, 6.07) is 2.20. The summed E-state index contributed by atoms with van der Waals surface area (Å²) < 4.78 is 0. The summed E-state index contributed by atoms with van der Waals surface area (Å²) in [5.41, 5.74) is 2.41. The van der Waals surface area contributed by atoms with Gasteiger partial charge in [-0.15, -0.1) is 0 Å². The fourth-order valence-corrected chi connectivity index (χ4v) is 2.67. The van der Waals surface area contributed by atoms with E-state index >= 15 is 0 Å².